The Labute approximate surface area is 194 Å². The molecule has 0 bridgehead atoms. The van der Waals surface area contributed by atoms with Crippen molar-refractivity contribution in [2.75, 3.05) is 0 Å². The topological polar surface area (TPSA) is 52.2 Å². The summed E-state index contributed by atoms with van der Waals surface area (Å²) in [6.45, 7) is 0.441. The summed E-state index contributed by atoms with van der Waals surface area (Å²) >= 11 is 2.64. The van der Waals surface area contributed by atoms with Crippen LogP contribution in [0.3, 0.4) is 0 Å². The molecule has 0 fully saturated rings. The molecule has 0 unspecified atom stereocenters. The maximum Gasteiger partial charge on any atom is 0.416 e. The molecule has 33 heavy (non-hydrogen) atoms. The van der Waals surface area contributed by atoms with Crippen LogP contribution in [0.4, 0.5) is 13.2 Å². The molecule has 0 aliphatic carbocycles. The molecule has 2 aromatic carbocycles. The number of nitrogens with zero attached hydrogens (tertiary/aromatic N) is 4. The predicted molar refractivity (Wildman–Crippen MR) is 124 cm³/mol. The highest BCUT2D eigenvalue weighted by Gasteiger charge is 2.30. The number of halogens is 3. The number of thioether (sulfide) groups is 1. The molecule has 3 heterocycles. The predicted octanol–water partition coefficient (Wildman–Crippen LogP) is 5.66. The third kappa shape index (κ3) is 4.28. The Balaban J connectivity index is 1.50. The molecular weight excluding hydrogens is 469 g/mol. The lowest BCUT2D eigenvalue weighted by atomic mass is 10.1. The van der Waals surface area contributed by atoms with E-state index in [-0.39, 0.29) is 5.56 Å². The van der Waals surface area contributed by atoms with Crippen LogP contribution < -0.4 is 5.56 Å². The second-order valence-corrected chi connectivity index (χ2v) is 9.29. The fraction of sp³-hybridized carbons (Fsp3) is 0.174. The monoisotopic (exact) mass is 486 g/mol. The second kappa shape index (κ2) is 8.68. The average Bonchev–Trinajstić information content (AvgIpc) is 3.45. The molecular formula is C23H17F3N4OS2. The van der Waals surface area contributed by atoms with Crippen LogP contribution in [-0.4, -0.2) is 19.2 Å². The average molecular weight is 487 g/mol. The fourth-order valence-corrected chi connectivity index (χ4v) is 5.37. The summed E-state index contributed by atoms with van der Waals surface area (Å²) in [7, 11) is 0. The Morgan fingerprint density at radius 1 is 0.970 bits per heavy atom. The van der Waals surface area contributed by atoms with Gasteiger partial charge in [-0.05, 0) is 35.1 Å². The molecule has 5 rings (SSSR count). The van der Waals surface area contributed by atoms with Crippen LogP contribution in [0, 0.1) is 0 Å². The standard InChI is InChI=1S/C23H17F3N4OS2/c24-23(25,26)17-8-4-7-16(13-17)14-33-22-28-27-21-29(11-9-15-5-2-1-3-6-15)20(31)19-18(30(21)22)10-12-32-19/h1-8,10,12-13H,9,11,14H2. The molecule has 5 aromatic rings. The quantitative estimate of drug-likeness (QED) is 0.291. The van der Waals surface area contributed by atoms with Gasteiger partial charge in [-0.2, -0.15) is 13.2 Å². The maximum absolute atomic E-state index is 13.1. The molecule has 0 radical (unpaired) electrons. The second-order valence-electron chi connectivity index (χ2n) is 7.43. The zero-order chi connectivity index (χ0) is 23.0. The van der Waals surface area contributed by atoms with Gasteiger partial charge in [0.05, 0.1) is 11.1 Å². The van der Waals surface area contributed by atoms with Crippen molar-refractivity contribution in [3.8, 4) is 0 Å². The summed E-state index contributed by atoms with van der Waals surface area (Å²) in [6.07, 6.45) is -3.73. The lowest BCUT2D eigenvalue weighted by Crippen LogP contribution is -2.23. The number of rotatable bonds is 6. The first kappa shape index (κ1) is 21.7. The van der Waals surface area contributed by atoms with Gasteiger partial charge in [-0.3, -0.25) is 13.8 Å². The van der Waals surface area contributed by atoms with Gasteiger partial charge < -0.3 is 0 Å². The van der Waals surface area contributed by atoms with Gasteiger partial charge >= 0.3 is 6.18 Å². The van der Waals surface area contributed by atoms with E-state index in [0.29, 0.717) is 45.4 Å². The van der Waals surface area contributed by atoms with E-state index in [9.17, 15) is 18.0 Å². The zero-order valence-electron chi connectivity index (χ0n) is 17.1. The molecule has 5 nitrogen and oxygen atoms in total. The van der Waals surface area contributed by atoms with Crippen LogP contribution in [0.5, 0.6) is 0 Å². The molecule has 0 spiro atoms. The van der Waals surface area contributed by atoms with Gasteiger partial charge in [0.1, 0.15) is 4.70 Å². The number of benzene rings is 2. The highest BCUT2D eigenvalue weighted by Crippen LogP contribution is 2.31. The van der Waals surface area contributed by atoms with Crippen LogP contribution in [0.2, 0.25) is 0 Å². The van der Waals surface area contributed by atoms with E-state index in [1.54, 1.807) is 10.6 Å². The van der Waals surface area contributed by atoms with E-state index in [2.05, 4.69) is 10.2 Å². The van der Waals surface area contributed by atoms with Crippen LogP contribution in [0.25, 0.3) is 16.0 Å². The van der Waals surface area contributed by atoms with Crippen molar-refractivity contribution in [2.24, 2.45) is 0 Å². The van der Waals surface area contributed by atoms with Crippen LogP contribution in [-0.2, 0) is 24.9 Å². The molecule has 0 atom stereocenters. The van der Waals surface area contributed by atoms with Crippen LogP contribution >= 0.6 is 23.1 Å². The van der Waals surface area contributed by atoms with Gasteiger partial charge in [0.25, 0.3) is 5.56 Å². The van der Waals surface area contributed by atoms with Gasteiger partial charge in [0.2, 0.25) is 5.78 Å². The fourth-order valence-electron chi connectivity index (χ4n) is 3.67. The van der Waals surface area contributed by atoms with Gasteiger partial charge in [-0.1, -0.05) is 60.3 Å². The van der Waals surface area contributed by atoms with E-state index in [4.69, 9.17) is 0 Å². The molecule has 3 aromatic heterocycles. The van der Waals surface area contributed by atoms with E-state index in [0.717, 1.165) is 17.7 Å². The largest absolute Gasteiger partial charge is 0.416 e. The minimum Gasteiger partial charge on any atom is -0.275 e. The van der Waals surface area contributed by atoms with E-state index < -0.39 is 11.7 Å². The number of alkyl halides is 3. The van der Waals surface area contributed by atoms with Crippen LogP contribution in [0.15, 0.2) is 76.0 Å². The molecule has 0 amide bonds. The number of hydrogen-bond donors (Lipinski definition) is 0. The van der Waals surface area contributed by atoms with Crippen molar-refractivity contribution in [1.29, 1.82) is 0 Å². The van der Waals surface area contributed by atoms with Crippen LogP contribution in [0.1, 0.15) is 16.7 Å². The molecule has 0 saturated heterocycles. The summed E-state index contributed by atoms with van der Waals surface area (Å²) in [5.41, 5.74) is 1.54. The highest BCUT2D eigenvalue weighted by atomic mass is 32.2. The van der Waals surface area contributed by atoms with Crippen molar-refractivity contribution >= 4 is 39.1 Å². The summed E-state index contributed by atoms with van der Waals surface area (Å²) in [4.78, 5) is 13.1. The van der Waals surface area contributed by atoms with E-state index in [1.165, 1.54) is 29.2 Å². The van der Waals surface area contributed by atoms with E-state index in [1.807, 2.05) is 46.2 Å². The van der Waals surface area contributed by atoms with Gasteiger partial charge in [0, 0.05) is 12.3 Å². The SMILES string of the molecule is O=c1c2sccc2n2c(SCc3cccc(C(F)(F)F)c3)nnc2n1CCc1ccccc1. The van der Waals surface area contributed by atoms with Crippen molar-refractivity contribution in [1.82, 2.24) is 19.2 Å². The summed E-state index contributed by atoms with van der Waals surface area (Å²) < 4.78 is 43.2. The summed E-state index contributed by atoms with van der Waals surface area (Å²) in [6, 6.07) is 17.0. The summed E-state index contributed by atoms with van der Waals surface area (Å²) in [5, 5.41) is 10.9. The normalized spacial score (nSPS) is 12.1. The third-order valence-electron chi connectivity index (χ3n) is 5.27. The van der Waals surface area contributed by atoms with Crippen molar-refractivity contribution in [2.45, 2.75) is 30.1 Å². The number of aryl methyl sites for hydroxylation is 2. The first-order valence-electron chi connectivity index (χ1n) is 10.1. The molecule has 10 heteroatoms. The Morgan fingerprint density at radius 3 is 2.55 bits per heavy atom. The Bertz CT molecular complexity index is 1490. The number of hydrogen-bond acceptors (Lipinski definition) is 5. The molecule has 168 valence electrons. The lowest BCUT2D eigenvalue weighted by molar-refractivity contribution is -0.137. The third-order valence-corrected chi connectivity index (χ3v) is 7.16. The van der Waals surface area contributed by atoms with E-state index >= 15 is 0 Å². The highest BCUT2D eigenvalue weighted by molar-refractivity contribution is 7.98. The maximum atomic E-state index is 13.1. The summed E-state index contributed by atoms with van der Waals surface area (Å²) in [5.74, 6) is 0.716. The Kier molecular flexibility index (Phi) is 5.71. The minimum atomic E-state index is -4.39. The molecule has 0 aliphatic rings. The lowest BCUT2D eigenvalue weighted by Gasteiger charge is -2.10. The Hall–Kier alpha value is -3.11. The number of thiophene rings is 1. The van der Waals surface area contributed by atoms with Gasteiger partial charge in [0.15, 0.2) is 5.16 Å². The zero-order valence-corrected chi connectivity index (χ0v) is 18.8. The smallest absolute Gasteiger partial charge is 0.275 e. The van der Waals surface area contributed by atoms with Crippen molar-refractivity contribution in [3.63, 3.8) is 0 Å². The van der Waals surface area contributed by atoms with Gasteiger partial charge in [-0.15, -0.1) is 21.5 Å². The van der Waals surface area contributed by atoms with Crippen molar-refractivity contribution < 1.29 is 13.2 Å². The Morgan fingerprint density at radius 2 is 1.76 bits per heavy atom. The minimum absolute atomic E-state index is 0.120. The molecule has 0 aliphatic heterocycles. The number of aromatic nitrogens is 4. The van der Waals surface area contributed by atoms with Gasteiger partial charge in [-0.25, -0.2) is 0 Å². The first-order chi connectivity index (χ1) is 15.9. The molecule has 0 saturated carbocycles. The first-order valence-corrected chi connectivity index (χ1v) is 12.0. The van der Waals surface area contributed by atoms with Crippen molar-refractivity contribution in [3.05, 3.63) is 93.1 Å². The molecule has 0 N–H and O–H groups in total. The number of fused-ring (bicyclic) bond motifs is 3.